The molecular formula is C29H41NO5Si. The molecular weight excluding hydrogens is 470 g/mol. The van der Waals surface area contributed by atoms with Gasteiger partial charge in [-0.2, -0.15) is 0 Å². The lowest BCUT2D eigenvalue weighted by molar-refractivity contribution is -0.138. The van der Waals surface area contributed by atoms with Gasteiger partial charge in [-0.25, -0.2) is 4.79 Å². The van der Waals surface area contributed by atoms with Crippen LogP contribution in [0.2, 0.25) is 5.04 Å². The van der Waals surface area contributed by atoms with Crippen LogP contribution in [0.1, 0.15) is 67.2 Å². The van der Waals surface area contributed by atoms with Crippen molar-refractivity contribution in [2.24, 2.45) is 5.92 Å². The highest BCUT2D eigenvalue weighted by Crippen LogP contribution is 2.40. The molecule has 2 N–H and O–H groups in total. The molecule has 1 aliphatic rings. The van der Waals surface area contributed by atoms with Crippen LogP contribution < -0.4 is 15.7 Å². The topological polar surface area (TPSA) is 84.9 Å². The number of ether oxygens (including phenoxy) is 1. The Balaban J connectivity index is 2.03. The first kappa shape index (κ1) is 27.9. The predicted octanol–water partition coefficient (Wildman–Crippen LogP) is 5.10. The summed E-state index contributed by atoms with van der Waals surface area (Å²) < 4.78 is 12.9. The van der Waals surface area contributed by atoms with Crippen LogP contribution in [0.4, 0.5) is 4.79 Å². The fourth-order valence-electron chi connectivity index (χ4n) is 5.33. The van der Waals surface area contributed by atoms with E-state index in [1.54, 1.807) is 0 Å². The molecule has 1 aliphatic carbocycles. The number of alkyl carbamates (subject to hydrolysis) is 1. The van der Waals surface area contributed by atoms with Gasteiger partial charge >= 0.3 is 12.1 Å². The number of nitrogens with one attached hydrogen (secondary N) is 1. The molecule has 36 heavy (non-hydrogen) atoms. The van der Waals surface area contributed by atoms with Crippen molar-refractivity contribution in [1.82, 2.24) is 5.32 Å². The molecule has 0 bridgehead atoms. The van der Waals surface area contributed by atoms with Gasteiger partial charge in [0.25, 0.3) is 8.32 Å². The number of hydrogen-bond acceptors (Lipinski definition) is 4. The van der Waals surface area contributed by atoms with Crippen LogP contribution in [0.3, 0.4) is 0 Å². The number of carbonyl (C=O) groups excluding carboxylic acids is 1. The van der Waals surface area contributed by atoms with Crippen LogP contribution in [0.5, 0.6) is 0 Å². The second-order valence-electron chi connectivity index (χ2n) is 11.8. The molecule has 2 aromatic rings. The smallest absolute Gasteiger partial charge is 0.407 e. The Kier molecular flexibility index (Phi) is 8.67. The number of hydrogen-bond donors (Lipinski definition) is 2. The summed E-state index contributed by atoms with van der Waals surface area (Å²) in [7, 11) is -2.84. The van der Waals surface area contributed by atoms with Gasteiger partial charge in [-0.1, -0.05) is 81.4 Å². The number of carboxylic acids is 1. The summed E-state index contributed by atoms with van der Waals surface area (Å²) in [6.45, 7) is 12.2. The van der Waals surface area contributed by atoms with Crippen LogP contribution >= 0.6 is 0 Å². The lowest BCUT2D eigenvalue weighted by atomic mass is 9.82. The third-order valence-electron chi connectivity index (χ3n) is 6.81. The molecule has 7 heteroatoms. The van der Waals surface area contributed by atoms with Crippen molar-refractivity contribution in [2.45, 2.75) is 90.0 Å². The molecule has 0 heterocycles. The molecule has 2 aromatic carbocycles. The Hall–Kier alpha value is -2.64. The van der Waals surface area contributed by atoms with E-state index in [2.05, 4.69) is 74.6 Å². The quantitative estimate of drug-likeness (QED) is 0.505. The first-order chi connectivity index (χ1) is 16.8. The molecule has 0 aliphatic heterocycles. The minimum absolute atomic E-state index is 0.0264. The number of carbonyl (C=O) groups is 2. The van der Waals surface area contributed by atoms with Gasteiger partial charge in [0.1, 0.15) is 5.60 Å². The van der Waals surface area contributed by atoms with Crippen LogP contribution in [-0.2, 0) is 14.0 Å². The van der Waals surface area contributed by atoms with Gasteiger partial charge in [0.15, 0.2) is 0 Å². The zero-order chi connectivity index (χ0) is 26.6. The van der Waals surface area contributed by atoms with Crippen molar-refractivity contribution in [2.75, 3.05) is 0 Å². The molecule has 6 nitrogen and oxygen atoms in total. The normalized spacial score (nSPS) is 21.0. The Labute approximate surface area is 216 Å². The van der Waals surface area contributed by atoms with Gasteiger partial charge in [0.2, 0.25) is 0 Å². The van der Waals surface area contributed by atoms with Gasteiger partial charge in [0.05, 0.1) is 12.1 Å². The van der Waals surface area contributed by atoms with Gasteiger partial charge in [-0.05, 0) is 61.4 Å². The van der Waals surface area contributed by atoms with Gasteiger partial charge in [-0.15, -0.1) is 0 Å². The molecule has 1 fully saturated rings. The van der Waals surface area contributed by atoms with Crippen molar-refractivity contribution >= 4 is 30.8 Å². The molecule has 0 saturated heterocycles. The third-order valence-corrected chi connectivity index (χ3v) is 11.9. The summed E-state index contributed by atoms with van der Waals surface area (Å²) in [6, 6.07) is 20.5. The molecule has 196 valence electrons. The summed E-state index contributed by atoms with van der Waals surface area (Å²) in [6.07, 6.45) is 1.26. The Morgan fingerprint density at radius 3 is 1.89 bits per heavy atom. The van der Waals surface area contributed by atoms with Crippen LogP contribution in [0, 0.1) is 5.92 Å². The molecule has 3 atom stereocenters. The Morgan fingerprint density at radius 2 is 1.44 bits per heavy atom. The highest BCUT2D eigenvalue weighted by Gasteiger charge is 2.53. The zero-order valence-corrected chi connectivity index (χ0v) is 23.4. The maximum absolute atomic E-state index is 12.8. The summed E-state index contributed by atoms with van der Waals surface area (Å²) in [4.78, 5) is 24.3. The van der Waals surface area contributed by atoms with Crippen molar-refractivity contribution in [3.8, 4) is 0 Å². The molecule has 1 amide bonds. The average molecular weight is 512 g/mol. The molecule has 3 unspecified atom stereocenters. The first-order valence-electron chi connectivity index (χ1n) is 12.8. The highest BCUT2D eigenvalue weighted by atomic mass is 28.4. The van der Waals surface area contributed by atoms with Crippen LogP contribution in [0.15, 0.2) is 60.7 Å². The Morgan fingerprint density at radius 1 is 0.917 bits per heavy atom. The van der Waals surface area contributed by atoms with E-state index >= 15 is 0 Å². The number of benzene rings is 2. The van der Waals surface area contributed by atoms with Crippen LogP contribution in [0.25, 0.3) is 0 Å². The fraction of sp³-hybridized carbons (Fsp3) is 0.517. The predicted molar refractivity (Wildman–Crippen MR) is 145 cm³/mol. The van der Waals surface area contributed by atoms with Crippen molar-refractivity contribution < 1.29 is 23.9 Å². The van der Waals surface area contributed by atoms with Crippen LogP contribution in [-0.4, -0.2) is 43.2 Å². The lowest BCUT2D eigenvalue weighted by Gasteiger charge is -2.48. The summed E-state index contributed by atoms with van der Waals surface area (Å²) >= 11 is 0. The van der Waals surface area contributed by atoms with E-state index < -0.39 is 26.0 Å². The number of rotatable bonds is 7. The summed E-state index contributed by atoms with van der Waals surface area (Å²) in [5, 5.41) is 14.6. The second-order valence-corrected chi connectivity index (χ2v) is 16.1. The minimum atomic E-state index is -2.84. The van der Waals surface area contributed by atoms with Gasteiger partial charge < -0.3 is 19.6 Å². The molecule has 0 aromatic heterocycles. The first-order valence-corrected chi connectivity index (χ1v) is 14.7. The maximum Gasteiger partial charge on any atom is 0.407 e. The van der Waals surface area contributed by atoms with E-state index in [4.69, 9.17) is 9.16 Å². The number of amides is 1. The van der Waals surface area contributed by atoms with E-state index in [1.165, 1.54) is 10.4 Å². The lowest BCUT2D eigenvalue weighted by Crippen LogP contribution is -2.69. The van der Waals surface area contributed by atoms with Crippen molar-refractivity contribution in [1.29, 1.82) is 0 Å². The van der Waals surface area contributed by atoms with E-state index in [-0.39, 0.29) is 29.5 Å². The second kappa shape index (κ2) is 11.2. The molecule has 0 radical (unpaired) electrons. The van der Waals surface area contributed by atoms with Gasteiger partial charge in [-0.3, -0.25) is 4.79 Å². The number of carboxylic acid groups (broad SMARTS) is 1. The van der Waals surface area contributed by atoms with Crippen molar-refractivity contribution in [3.05, 3.63) is 60.7 Å². The molecule has 0 spiro atoms. The van der Waals surface area contributed by atoms with E-state index in [9.17, 15) is 14.7 Å². The fourth-order valence-corrected chi connectivity index (χ4v) is 10.1. The van der Waals surface area contributed by atoms with E-state index in [0.29, 0.717) is 12.8 Å². The molecule has 1 saturated carbocycles. The summed E-state index contributed by atoms with van der Waals surface area (Å²) in [5.41, 5.74) is -0.631. The zero-order valence-electron chi connectivity index (χ0n) is 22.4. The third kappa shape index (κ3) is 6.76. The van der Waals surface area contributed by atoms with Crippen molar-refractivity contribution in [3.63, 3.8) is 0 Å². The Bertz CT molecular complexity index is 974. The maximum atomic E-state index is 12.8. The van der Waals surface area contributed by atoms with Gasteiger partial charge in [0, 0.05) is 6.42 Å². The average Bonchev–Trinajstić information content (AvgIpc) is 2.77. The standard InChI is InChI=1S/C29H41NO5Si/c1-28(2,3)34-27(33)30-24-19-21(20-26(31)32)17-18-25(24)35-36(29(4,5)6,22-13-9-7-10-14-22)23-15-11-8-12-16-23/h7-16,21,24-25H,17-20H2,1-6H3,(H,30,33)(H,31,32). The van der Waals surface area contributed by atoms with E-state index in [1.807, 2.05) is 32.9 Å². The molecule has 3 rings (SSSR count). The monoisotopic (exact) mass is 511 g/mol. The minimum Gasteiger partial charge on any atom is -0.481 e. The highest BCUT2D eigenvalue weighted by molar-refractivity contribution is 6.99. The SMILES string of the molecule is CC(C)(C)OC(=O)NC1CC(CC(=O)O)CCC1O[Si](c1ccccc1)(c1ccccc1)C(C)(C)C. The number of aliphatic carboxylic acids is 1. The largest absolute Gasteiger partial charge is 0.481 e. The summed E-state index contributed by atoms with van der Waals surface area (Å²) in [5.74, 6) is -0.844. The van der Waals surface area contributed by atoms with E-state index in [0.717, 1.165) is 6.42 Å².